The smallest absolute Gasteiger partial charge is 0.255 e. The summed E-state index contributed by atoms with van der Waals surface area (Å²) in [6.45, 7) is 8.00. The van der Waals surface area contributed by atoms with Crippen LogP contribution < -0.4 is 0 Å². The van der Waals surface area contributed by atoms with Crippen molar-refractivity contribution in [2.24, 2.45) is 0 Å². The van der Waals surface area contributed by atoms with Crippen LogP contribution in [0.15, 0.2) is 12.1 Å². The molecule has 0 unspecified atom stereocenters. The Balaban J connectivity index is 2.13. The van der Waals surface area contributed by atoms with E-state index in [1.54, 1.807) is 0 Å². The van der Waals surface area contributed by atoms with Crippen LogP contribution in [0.2, 0.25) is 0 Å². The van der Waals surface area contributed by atoms with Crippen molar-refractivity contribution in [1.82, 2.24) is 9.88 Å². The first-order valence-electron chi connectivity index (χ1n) is 8.36. The van der Waals surface area contributed by atoms with Gasteiger partial charge in [0.25, 0.3) is 5.91 Å². The molecule has 1 aromatic rings. The number of rotatable bonds is 2. The van der Waals surface area contributed by atoms with Gasteiger partial charge in [-0.25, -0.2) is 0 Å². The highest BCUT2D eigenvalue weighted by atomic mass is 16.2. The number of amides is 1. The molecule has 0 radical (unpaired) electrons. The van der Waals surface area contributed by atoms with Crippen molar-refractivity contribution in [3.05, 3.63) is 29.1 Å². The van der Waals surface area contributed by atoms with Crippen molar-refractivity contribution in [3.63, 3.8) is 0 Å². The summed E-state index contributed by atoms with van der Waals surface area (Å²) in [6.07, 6.45) is 7.36. The van der Waals surface area contributed by atoms with Gasteiger partial charge < -0.3 is 4.90 Å². The number of hydrogen-bond acceptors (Lipinski definition) is 2. The monoisotopic (exact) mass is 288 g/mol. The SMILES string of the molecule is Cc1nc(C(C)C)ccc1C(=O)N1CCCCCCCC1. The van der Waals surface area contributed by atoms with Gasteiger partial charge in [-0.05, 0) is 37.8 Å². The van der Waals surface area contributed by atoms with E-state index in [-0.39, 0.29) is 5.91 Å². The van der Waals surface area contributed by atoms with Crippen LogP contribution in [-0.4, -0.2) is 28.9 Å². The van der Waals surface area contributed by atoms with E-state index < -0.39 is 0 Å². The summed E-state index contributed by atoms with van der Waals surface area (Å²) in [6, 6.07) is 3.97. The van der Waals surface area contributed by atoms with Gasteiger partial charge in [0, 0.05) is 18.8 Å². The normalized spacial score (nSPS) is 17.2. The average Bonchev–Trinajstić information content (AvgIpc) is 2.60. The van der Waals surface area contributed by atoms with Gasteiger partial charge in [-0.15, -0.1) is 0 Å². The van der Waals surface area contributed by atoms with Gasteiger partial charge in [-0.1, -0.05) is 39.5 Å². The average molecular weight is 288 g/mol. The number of aryl methyl sites for hydroxylation is 1. The van der Waals surface area contributed by atoms with Gasteiger partial charge >= 0.3 is 0 Å². The molecule has 1 aliphatic rings. The van der Waals surface area contributed by atoms with Crippen molar-refractivity contribution >= 4 is 5.91 Å². The summed E-state index contributed by atoms with van der Waals surface area (Å²) in [4.78, 5) is 19.4. The lowest BCUT2D eigenvalue weighted by Crippen LogP contribution is -2.33. The lowest BCUT2D eigenvalue weighted by molar-refractivity contribution is 0.0751. The fourth-order valence-electron chi connectivity index (χ4n) is 2.93. The number of hydrogen-bond donors (Lipinski definition) is 0. The molecule has 116 valence electrons. The zero-order valence-electron chi connectivity index (χ0n) is 13.7. The van der Waals surface area contributed by atoms with Gasteiger partial charge in [0.15, 0.2) is 0 Å². The fraction of sp³-hybridized carbons (Fsp3) is 0.667. The van der Waals surface area contributed by atoms with E-state index in [2.05, 4.69) is 18.8 Å². The lowest BCUT2D eigenvalue weighted by Gasteiger charge is -2.23. The van der Waals surface area contributed by atoms with Crippen LogP contribution in [-0.2, 0) is 0 Å². The van der Waals surface area contributed by atoms with Crippen LogP contribution in [0.4, 0.5) is 0 Å². The largest absolute Gasteiger partial charge is 0.339 e. The van der Waals surface area contributed by atoms with Gasteiger partial charge in [0.05, 0.1) is 11.3 Å². The van der Waals surface area contributed by atoms with E-state index in [0.29, 0.717) is 5.92 Å². The first-order valence-corrected chi connectivity index (χ1v) is 8.36. The van der Waals surface area contributed by atoms with E-state index in [4.69, 9.17) is 0 Å². The summed E-state index contributed by atoms with van der Waals surface area (Å²) in [7, 11) is 0. The predicted molar refractivity (Wildman–Crippen MR) is 86.7 cm³/mol. The van der Waals surface area contributed by atoms with E-state index in [0.717, 1.165) is 42.9 Å². The minimum absolute atomic E-state index is 0.164. The van der Waals surface area contributed by atoms with Crippen molar-refractivity contribution in [2.45, 2.75) is 65.2 Å². The second kappa shape index (κ2) is 7.58. The third-order valence-corrected chi connectivity index (χ3v) is 4.32. The Hall–Kier alpha value is -1.38. The van der Waals surface area contributed by atoms with E-state index in [1.807, 2.05) is 24.0 Å². The summed E-state index contributed by atoms with van der Waals surface area (Å²) in [5.74, 6) is 0.565. The summed E-state index contributed by atoms with van der Waals surface area (Å²) in [5, 5.41) is 0. The molecule has 0 aromatic carbocycles. The summed E-state index contributed by atoms with van der Waals surface area (Å²) < 4.78 is 0. The van der Waals surface area contributed by atoms with Gasteiger partial charge in [-0.2, -0.15) is 0 Å². The quantitative estimate of drug-likeness (QED) is 0.812. The molecule has 1 aliphatic heterocycles. The first kappa shape index (κ1) is 16.0. The van der Waals surface area contributed by atoms with Gasteiger partial charge in [-0.3, -0.25) is 9.78 Å². The lowest BCUT2D eigenvalue weighted by atomic mass is 10.1. The third kappa shape index (κ3) is 4.29. The molecule has 1 amide bonds. The Morgan fingerprint density at radius 2 is 1.62 bits per heavy atom. The molecule has 0 saturated carbocycles. The molecule has 3 nitrogen and oxygen atoms in total. The van der Waals surface area contributed by atoms with Crippen LogP contribution in [0.3, 0.4) is 0 Å². The molecule has 0 atom stereocenters. The molecule has 3 heteroatoms. The molecule has 0 bridgehead atoms. The van der Waals surface area contributed by atoms with E-state index >= 15 is 0 Å². The summed E-state index contributed by atoms with van der Waals surface area (Å²) >= 11 is 0. The van der Waals surface area contributed by atoms with Crippen LogP contribution in [0, 0.1) is 6.92 Å². The minimum Gasteiger partial charge on any atom is -0.339 e. The van der Waals surface area contributed by atoms with Crippen molar-refractivity contribution in [1.29, 1.82) is 0 Å². The predicted octanol–water partition coefficient (Wildman–Crippen LogP) is 4.31. The van der Waals surface area contributed by atoms with Crippen LogP contribution in [0.1, 0.15) is 80.0 Å². The van der Waals surface area contributed by atoms with E-state index in [1.165, 1.54) is 25.7 Å². The molecule has 0 N–H and O–H groups in total. The van der Waals surface area contributed by atoms with Gasteiger partial charge in [0.1, 0.15) is 0 Å². The highest BCUT2D eigenvalue weighted by Crippen LogP contribution is 2.18. The highest BCUT2D eigenvalue weighted by molar-refractivity contribution is 5.95. The van der Waals surface area contributed by atoms with Crippen LogP contribution in [0.5, 0.6) is 0 Å². The Kier molecular flexibility index (Phi) is 5.77. The number of pyridine rings is 1. The maximum absolute atomic E-state index is 12.8. The maximum atomic E-state index is 12.8. The Bertz CT molecular complexity index is 472. The van der Waals surface area contributed by atoms with E-state index in [9.17, 15) is 4.79 Å². The van der Waals surface area contributed by atoms with Crippen LogP contribution >= 0.6 is 0 Å². The van der Waals surface area contributed by atoms with Crippen LogP contribution in [0.25, 0.3) is 0 Å². The van der Waals surface area contributed by atoms with Crippen molar-refractivity contribution < 1.29 is 4.79 Å². The topological polar surface area (TPSA) is 33.2 Å². The zero-order valence-corrected chi connectivity index (χ0v) is 13.7. The molecule has 0 spiro atoms. The number of carbonyl (C=O) groups excluding carboxylic acids is 1. The second-order valence-corrected chi connectivity index (χ2v) is 6.44. The molecule has 2 heterocycles. The second-order valence-electron chi connectivity index (χ2n) is 6.44. The number of nitrogens with zero attached hydrogens (tertiary/aromatic N) is 2. The molecule has 1 saturated heterocycles. The molecule has 1 fully saturated rings. The standard InChI is InChI=1S/C18H28N2O/c1-14(2)17-11-10-16(15(3)19-17)18(21)20-12-8-6-4-5-7-9-13-20/h10-11,14H,4-9,12-13H2,1-3H3. The maximum Gasteiger partial charge on any atom is 0.255 e. The molecule has 21 heavy (non-hydrogen) atoms. The molecule has 1 aromatic heterocycles. The Labute approximate surface area is 128 Å². The fourth-order valence-corrected chi connectivity index (χ4v) is 2.93. The van der Waals surface area contributed by atoms with Crippen molar-refractivity contribution in [3.8, 4) is 0 Å². The third-order valence-electron chi connectivity index (χ3n) is 4.32. The van der Waals surface area contributed by atoms with Gasteiger partial charge in [0.2, 0.25) is 0 Å². The highest BCUT2D eigenvalue weighted by Gasteiger charge is 2.19. The number of carbonyl (C=O) groups is 1. The Morgan fingerprint density at radius 3 is 2.14 bits per heavy atom. The van der Waals surface area contributed by atoms with Crippen molar-refractivity contribution in [2.75, 3.05) is 13.1 Å². The molecule has 2 rings (SSSR count). The minimum atomic E-state index is 0.164. The number of aromatic nitrogens is 1. The zero-order chi connectivity index (χ0) is 15.2. The molecule has 0 aliphatic carbocycles. The molecular weight excluding hydrogens is 260 g/mol. The Morgan fingerprint density at radius 1 is 1.05 bits per heavy atom. The molecular formula is C18H28N2O. The first-order chi connectivity index (χ1) is 10.1. The summed E-state index contributed by atoms with van der Waals surface area (Å²) in [5.41, 5.74) is 2.71.